The summed E-state index contributed by atoms with van der Waals surface area (Å²) in [6.07, 6.45) is 3.42. The highest BCUT2D eigenvalue weighted by Gasteiger charge is 2.16. The molecule has 1 aliphatic rings. The van der Waals surface area contributed by atoms with Gasteiger partial charge in [-0.2, -0.15) is 0 Å². The molecular weight excluding hydrogens is 424 g/mol. The minimum atomic E-state index is -0.400. The third kappa shape index (κ3) is 4.70. The van der Waals surface area contributed by atoms with Crippen LogP contribution >= 0.6 is 11.3 Å². The molecule has 6 nitrogen and oxygen atoms in total. The van der Waals surface area contributed by atoms with Gasteiger partial charge in [0.15, 0.2) is 12.1 Å². The van der Waals surface area contributed by atoms with Crippen molar-refractivity contribution in [2.75, 3.05) is 13.2 Å². The van der Waals surface area contributed by atoms with Crippen LogP contribution < -0.4 is 5.36 Å². The minimum Gasteiger partial charge on any atom is -0.454 e. The van der Waals surface area contributed by atoms with Gasteiger partial charge in [0.05, 0.1) is 13.2 Å². The Kier molecular flexibility index (Phi) is 5.71. The standard InChI is InChI=1S/C25H26N2O4S/c1-25(2,3)31-27-19-13-22(20-14-23-17(15-26-20)8-11-32-23)30-21-6-4-16(12-18(19)21)5-7-24-28-9-10-29-24/h4,6,8,11-15,24H,5,7,9-10H2,1-3H3. The monoisotopic (exact) mass is 450 g/mol. The number of benzene rings is 1. The van der Waals surface area contributed by atoms with E-state index in [0.717, 1.165) is 40.2 Å². The van der Waals surface area contributed by atoms with Crippen LogP contribution in [0.25, 0.3) is 32.5 Å². The second-order valence-corrected chi connectivity index (χ2v) is 9.81. The molecule has 5 rings (SSSR count). The largest absolute Gasteiger partial charge is 0.454 e. The van der Waals surface area contributed by atoms with E-state index in [1.54, 1.807) is 11.3 Å². The van der Waals surface area contributed by atoms with Crippen molar-refractivity contribution in [1.29, 1.82) is 0 Å². The van der Waals surface area contributed by atoms with Crippen molar-refractivity contribution in [3.63, 3.8) is 0 Å². The van der Waals surface area contributed by atoms with Crippen LogP contribution in [0.15, 0.2) is 57.5 Å². The molecule has 0 atom stereocenters. The lowest BCUT2D eigenvalue weighted by molar-refractivity contribution is -0.0461. The Labute approximate surface area is 190 Å². The summed E-state index contributed by atoms with van der Waals surface area (Å²) in [7, 11) is 0. The molecule has 4 aromatic rings. The van der Waals surface area contributed by atoms with E-state index in [4.69, 9.17) is 18.7 Å². The molecule has 0 saturated carbocycles. The Bertz CT molecular complexity index is 1310. The first-order chi connectivity index (χ1) is 15.4. The Hall–Kier alpha value is -2.74. The van der Waals surface area contributed by atoms with Crippen molar-refractivity contribution < 1.29 is 18.7 Å². The number of pyridine rings is 1. The lowest BCUT2D eigenvalue weighted by atomic mass is 10.1. The Morgan fingerprint density at radius 2 is 1.97 bits per heavy atom. The van der Waals surface area contributed by atoms with Gasteiger partial charge in [0.25, 0.3) is 0 Å². The average molecular weight is 451 g/mol. The molecule has 1 aliphatic heterocycles. The molecule has 0 aliphatic carbocycles. The van der Waals surface area contributed by atoms with Crippen molar-refractivity contribution >= 4 is 32.4 Å². The van der Waals surface area contributed by atoms with Crippen molar-refractivity contribution in [2.24, 2.45) is 5.16 Å². The SMILES string of the molecule is CC(C)(C)ON=c1cc(-c2cc3sccc3cn2)oc2ccc(CCC3OCCO3)cc12. The van der Waals surface area contributed by atoms with Crippen LogP contribution in [0.4, 0.5) is 0 Å². The second-order valence-electron chi connectivity index (χ2n) is 8.86. The zero-order valence-electron chi connectivity index (χ0n) is 18.5. The first kappa shape index (κ1) is 21.1. The fourth-order valence-electron chi connectivity index (χ4n) is 3.61. The number of fused-ring (bicyclic) bond motifs is 2. The fraction of sp³-hybridized carbons (Fsp3) is 0.360. The van der Waals surface area contributed by atoms with Gasteiger partial charge < -0.3 is 18.7 Å². The number of aromatic nitrogens is 1. The summed E-state index contributed by atoms with van der Waals surface area (Å²) in [4.78, 5) is 10.4. The van der Waals surface area contributed by atoms with E-state index >= 15 is 0 Å². The van der Waals surface area contributed by atoms with E-state index in [1.807, 2.05) is 39.1 Å². The summed E-state index contributed by atoms with van der Waals surface area (Å²) in [6, 6.07) is 12.2. The summed E-state index contributed by atoms with van der Waals surface area (Å²) in [5.74, 6) is 0.657. The zero-order chi connectivity index (χ0) is 22.1. The average Bonchev–Trinajstić information content (AvgIpc) is 3.46. The van der Waals surface area contributed by atoms with Crippen molar-refractivity contribution in [2.45, 2.75) is 45.5 Å². The number of hydrogen-bond donors (Lipinski definition) is 0. The molecule has 0 bridgehead atoms. The maximum Gasteiger partial charge on any atom is 0.158 e. The Morgan fingerprint density at radius 3 is 2.78 bits per heavy atom. The molecule has 0 radical (unpaired) electrons. The molecule has 7 heteroatoms. The molecule has 3 aromatic heterocycles. The van der Waals surface area contributed by atoms with Gasteiger partial charge in [-0.05, 0) is 62.4 Å². The highest BCUT2D eigenvalue weighted by Crippen LogP contribution is 2.27. The molecule has 4 heterocycles. The van der Waals surface area contributed by atoms with Crippen LogP contribution in [-0.4, -0.2) is 30.1 Å². The van der Waals surface area contributed by atoms with E-state index in [-0.39, 0.29) is 6.29 Å². The smallest absolute Gasteiger partial charge is 0.158 e. The lowest BCUT2D eigenvalue weighted by Gasteiger charge is -2.15. The third-order valence-corrected chi connectivity index (χ3v) is 6.05. The number of hydrogen-bond acceptors (Lipinski definition) is 7. The first-order valence-corrected chi connectivity index (χ1v) is 11.7. The number of thiophene rings is 1. The number of aryl methyl sites for hydroxylation is 1. The van der Waals surface area contributed by atoms with Crippen LogP contribution in [0.3, 0.4) is 0 Å². The van der Waals surface area contributed by atoms with Crippen molar-refractivity contribution in [3.8, 4) is 11.5 Å². The predicted molar refractivity (Wildman–Crippen MR) is 125 cm³/mol. The van der Waals surface area contributed by atoms with Gasteiger partial charge in [-0.25, -0.2) is 0 Å². The van der Waals surface area contributed by atoms with Gasteiger partial charge in [0.2, 0.25) is 0 Å². The topological polar surface area (TPSA) is 66.1 Å². The van der Waals surface area contributed by atoms with Crippen LogP contribution in [0, 0.1) is 0 Å². The van der Waals surface area contributed by atoms with E-state index in [0.29, 0.717) is 19.0 Å². The summed E-state index contributed by atoms with van der Waals surface area (Å²) in [6.45, 7) is 7.27. The number of nitrogens with zero attached hydrogens (tertiary/aromatic N) is 2. The van der Waals surface area contributed by atoms with Gasteiger partial charge >= 0.3 is 0 Å². The molecular formula is C25H26N2O4S. The maximum absolute atomic E-state index is 6.26. The first-order valence-electron chi connectivity index (χ1n) is 10.8. The number of ether oxygens (including phenoxy) is 2. The molecule has 1 fully saturated rings. The molecule has 1 aromatic carbocycles. The summed E-state index contributed by atoms with van der Waals surface area (Å²) in [5, 5.41) is 9.30. The summed E-state index contributed by atoms with van der Waals surface area (Å²) < 4.78 is 18.6. The molecule has 0 amide bonds. The fourth-order valence-corrected chi connectivity index (χ4v) is 4.41. The van der Waals surface area contributed by atoms with Crippen LogP contribution in [0.1, 0.15) is 32.8 Å². The van der Waals surface area contributed by atoms with Crippen LogP contribution in [0.5, 0.6) is 0 Å². The van der Waals surface area contributed by atoms with Gasteiger partial charge in [-0.3, -0.25) is 4.98 Å². The van der Waals surface area contributed by atoms with E-state index < -0.39 is 5.60 Å². The van der Waals surface area contributed by atoms with Crippen molar-refractivity contribution in [3.05, 3.63) is 58.9 Å². The van der Waals surface area contributed by atoms with Gasteiger partial charge in [-0.15, -0.1) is 11.3 Å². The van der Waals surface area contributed by atoms with E-state index in [2.05, 4.69) is 39.8 Å². The number of rotatable bonds is 5. The summed E-state index contributed by atoms with van der Waals surface area (Å²) >= 11 is 1.69. The quantitative estimate of drug-likeness (QED) is 0.368. The highest BCUT2D eigenvalue weighted by molar-refractivity contribution is 7.17. The highest BCUT2D eigenvalue weighted by atomic mass is 32.1. The van der Waals surface area contributed by atoms with Crippen LogP contribution in [-0.2, 0) is 20.7 Å². The second kappa shape index (κ2) is 8.65. The lowest BCUT2D eigenvalue weighted by Crippen LogP contribution is -2.18. The third-order valence-electron chi connectivity index (χ3n) is 5.18. The van der Waals surface area contributed by atoms with Gasteiger partial charge in [-0.1, -0.05) is 11.2 Å². The normalized spacial score (nSPS) is 15.8. The van der Waals surface area contributed by atoms with E-state index in [9.17, 15) is 0 Å². The zero-order valence-corrected chi connectivity index (χ0v) is 19.3. The van der Waals surface area contributed by atoms with Gasteiger partial charge in [0, 0.05) is 34.2 Å². The molecule has 1 saturated heterocycles. The van der Waals surface area contributed by atoms with Gasteiger partial charge in [0.1, 0.15) is 22.2 Å². The molecule has 166 valence electrons. The van der Waals surface area contributed by atoms with Crippen molar-refractivity contribution in [1.82, 2.24) is 4.98 Å². The summed E-state index contributed by atoms with van der Waals surface area (Å²) in [5.41, 5.74) is 2.28. The Morgan fingerprint density at radius 1 is 1.12 bits per heavy atom. The Balaban J connectivity index is 1.56. The minimum absolute atomic E-state index is 0.121. The molecule has 0 unspecified atom stereocenters. The molecule has 0 N–H and O–H groups in total. The molecule has 32 heavy (non-hydrogen) atoms. The maximum atomic E-state index is 6.26. The van der Waals surface area contributed by atoms with E-state index in [1.165, 1.54) is 10.3 Å². The molecule has 0 spiro atoms. The predicted octanol–water partition coefficient (Wildman–Crippen LogP) is 5.65. The van der Waals surface area contributed by atoms with Crippen LogP contribution in [0.2, 0.25) is 0 Å².